The van der Waals surface area contributed by atoms with Crippen LogP contribution in [0.25, 0.3) is 0 Å². The third-order valence-corrected chi connectivity index (χ3v) is 5.06. The Morgan fingerprint density at radius 2 is 0.406 bits per heavy atom. The van der Waals surface area contributed by atoms with Crippen molar-refractivity contribution in [1.82, 2.24) is 0 Å². The van der Waals surface area contributed by atoms with Crippen LogP contribution in [0.15, 0.2) is 0 Å². The summed E-state index contributed by atoms with van der Waals surface area (Å²) in [6, 6.07) is 0. The second kappa shape index (κ2) is 25.1. The van der Waals surface area contributed by atoms with Gasteiger partial charge >= 0.3 is 23.9 Å². The Balaban J connectivity index is 0. The zero-order chi connectivity index (χ0) is 24.5. The van der Waals surface area contributed by atoms with E-state index >= 15 is 0 Å². The zero-order valence-electron chi connectivity index (χ0n) is 19.6. The Bertz CT molecular complexity index is 448. The lowest BCUT2D eigenvalue weighted by Gasteiger charge is -2.01. The second-order valence-electron chi connectivity index (χ2n) is 8.23. The van der Waals surface area contributed by atoms with Crippen LogP contribution in [-0.4, -0.2) is 44.3 Å². The quantitative estimate of drug-likeness (QED) is 0.141. The molecule has 0 heterocycles. The average molecular weight is 461 g/mol. The van der Waals surface area contributed by atoms with E-state index in [0.29, 0.717) is 0 Å². The number of aliphatic carboxylic acids is 4. The summed E-state index contributed by atoms with van der Waals surface area (Å²) in [7, 11) is 0. The van der Waals surface area contributed by atoms with E-state index in [9.17, 15) is 19.2 Å². The maximum Gasteiger partial charge on any atom is 0.303 e. The van der Waals surface area contributed by atoms with Gasteiger partial charge in [-0.25, -0.2) is 0 Å². The van der Waals surface area contributed by atoms with Gasteiger partial charge in [0.15, 0.2) is 0 Å². The SMILES string of the molecule is O=C(O)CCCCCCCCCC(=O)O.O=C(O)CCCCCCCCCCCC(=O)O. The van der Waals surface area contributed by atoms with Gasteiger partial charge in [0.05, 0.1) is 0 Å². The summed E-state index contributed by atoms with van der Waals surface area (Å²) in [5, 5.41) is 33.6. The molecule has 0 saturated heterocycles. The number of carboxylic acid groups (broad SMARTS) is 4. The van der Waals surface area contributed by atoms with Gasteiger partial charge in [-0.2, -0.15) is 0 Å². The van der Waals surface area contributed by atoms with Crippen LogP contribution in [0.1, 0.15) is 128 Å². The highest BCUT2D eigenvalue weighted by atomic mass is 16.4. The van der Waals surface area contributed by atoms with Crippen molar-refractivity contribution in [2.24, 2.45) is 0 Å². The molecule has 0 radical (unpaired) electrons. The Labute approximate surface area is 192 Å². The first-order chi connectivity index (χ1) is 15.3. The zero-order valence-corrected chi connectivity index (χ0v) is 19.6. The van der Waals surface area contributed by atoms with Crippen molar-refractivity contribution in [3.05, 3.63) is 0 Å². The first-order valence-electron chi connectivity index (χ1n) is 12.1. The highest BCUT2D eigenvalue weighted by Crippen LogP contribution is 2.11. The number of carbonyl (C=O) groups is 4. The van der Waals surface area contributed by atoms with Gasteiger partial charge < -0.3 is 20.4 Å². The highest BCUT2D eigenvalue weighted by molar-refractivity contribution is 5.67. The van der Waals surface area contributed by atoms with E-state index in [4.69, 9.17) is 20.4 Å². The molecule has 0 fully saturated rings. The summed E-state index contributed by atoms with van der Waals surface area (Å²) in [4.78, 5) is 40.8. The van der Waals surface area contributed by atoms with Gasteiger partial charge in [0.1, 0.15) is 0 Å². The number of carboxylic acids is 4. The van der Waals surface area contributed by atoms with E-state index in [2.05, 4.69) is 0 Å². The first kappa shape index (κ1) is 32.1. The summed E-state index contributed by atoms with van der Waals surface area (Å²) in [5.41, 5.74) is 0. The van der Waals surface area contributed by atoms with E-state index in [1.165, 1.54) is 19.3 Å². The van der Waals surface area contributed by atoms with Crippen molar-refractivity contribution in [3.63, 3.8) is 0 Å². The third-order valence-electron chi connectivity index (χ3n) is 5.06. The fourth-order valence-corrected chi connectivity index (χ4v) is 3.23. The normalized spacial score (nSPS) is 10.2. The van der Waals surface area contributed by atoms with Crippen LogP contribution in [0.4, 0.5) is 0 Å². The monoisotopic (exact) mass is 460 g/mol. The lowest BCUT2D eigenvalue weighted by molar-refractivity contribution is -0.138. The Kier molecular flexibility index (Phi) is 25.2. The van der Waals surface area contributed by atoms with Gasteiger partial charge in [0, 0.05) is 25.7 Å². The molecule has 188 valence electrons. The molecule has 0 atom stereocenters. The van der Waals surface area contributed by atoms with Crippen LogP contribution in [0.3, 0.4) is 0 Å². The van der Waals surface area contributed by atoms with Gasteiger partial charge in [-0.15, -0.1) is 0 Å². The number of hydrogen-bond donors (Lipinski definition) is 4. The molecule has 32 heavy (non-hydrogen) atoms. The van der Waals surface area contributed by atoms with Crippen molar-refractivity contribution in [2.45, 2.75) is 128 Å². The molecule has 0 aliphatic heterocycles. The minimum absolute atomic E-state index is 0.263. The van der Waals surface area contributed by atoms with E-state index in [1.54, 1.807) is 0 Å². The topological polar surface area (TPSA) is 149 Å². The number of rotatable bonds is 22. The number of unbranched alkanes of at least 4 members (excludes halogenated alkanes) is 14. The standard InChI is InChI=1S/C13H24O4.C11H20O4/c14-12(15)10-8-6-4-2-1-3-5-7-9-11-13(16)17;12-10(13)8-6-4-2-1-3-5-7-9-11(14)15/h1-11H2,(H,14,15)(H,16,17);1-9H2,(H,12,13)(H,14,15). The molecule has 0 unspecified atom stereocenters. The van der Waals surface area contributed by atoms with Crippen molar-refractivity contribution >= 4 is 23.9 Å². The second-order valence-corrected chi connectivity index (χ2v) is 8.23. The minimum Gasteiger partial charge on any atom is -0.481 e. The summed E-state index contributed by atoms with van der Waals surface area (Å²) < 4.78 is 0. The molecule has 0 aliphatic carbocycles. The summed E-state index contributed by atoms with van der Waals surface area (Å²) >= 11 is 0. The molecule has 0 aliphatic rings. The fraction of sp³-hybridized carbons (Fsp3) is 0.833. The molecule has 4 N–H and O–H groups in total. The Morgan fingerprint density at radius 3 is 0.531 bits per heavy atom. The maximum absolute atomic E-state index is 10.2. The van der Waals surface area contributed by atoms with Crippen LogP contribution in [0, 0.1) is 0 Å². The van der Waals surface area contributed by atoms with Gasteiger partial charge in [0.2, 0.25) is 0 Å². The molecule has 0 aromatic carbocycles. The molecular formula is C24H44O8. The van der Waals surface area contributed by atoms with Crippen LogP contribution in [0.5, 0.6) is 0 Å². The average Bonchev–Trinajstić information content (AvgIpc) is 2.70. The van der Waals surface area contributed by atoms with Gasteiger partial charge in [-0.3, -0.25) is 19.2 Å². The van der Waals surface area contributed by atoms with Crippen LogP contribution >= 0.6 is 0 Å². The molecule has 0 rings (SSSR count). The van der Waals surface area contributed by atoms with Crippen LogP contribution in [0.2, 0.25) is 0 Å². The van der Waals surface area contributed by atoms with Gasteiger partial charge in [-0.1, -0.05) is 77.0 Å². The highest BCUT2D eigenvalue weighted by Gasteiger charge is 1.99. The predicted molar refractivity (Wildman–Crippen MR) is 123 cm³/mol. The first-order valence-corrected chi connectivity index (χ1v) is 12.1. The predicted octanol–water partition coefficient (Wildman–Crippen LogP) is 6.11. The fourth-order valence-electron chi connectivity index (χ4n) is 3.23. The van der Waals surface area contributed by atoms with Crippen molar-refractivity contribution < 1.29 is 39.6 Å². The smallest absolute Gasteiger partial charge is 0.303 e. The third kappa shape index (κ3) is 35.3. The van der Waals surface area contributed by atoms with E-state index < -0.39 is 23.9 Å². The molecule has 0 spiro atoms. The number of hydrogen-bond acceptors (Lipinski definition) is 4. The van der Waals surface area contributed by atoms with Crippen molar-refractivity contribution in [1.29, 1.82) is 0 Å². The van der Waals surface area contributed by atoms with Gasteiger partial charge in [0.25, 0.3) is 0 Å². The van der Waals surface area contributed by atoms with E-state index in [0.717, 1.165) is 83.5 Å². The maximum atomic E-state index is 10.2. The Hall–Kier alpha value is -2.12. The van der Waals surface area contributed by atoms with E-state index in [-0.39, 0.29) is 25.7 Å². The lowest BCUT2D eigenvalue weighted by Crippen LogP contribution is -1.94. The largest absolute Gasteiger partial charge is 0.481 e. The molecular weight excluding hydrogens is 416 g/mol. The Morgan fingerprint density at radius 1 is 0.281 bits per heavy atom. The van der Waals surface area contributed by atoms with E-state index in [1.807, 2.05) is 0 Å². The molecule has 0 aromatic heterocycles. The molecule has 8 heteroatoms. The molecule has 8 nitrogen and oxygen atoms in total. The van der Waals surface area contributed by atoms with Crippen molar-refractivity contribution in [3.8, 4) is 0 Å². The molecule has 0 amide bonds. The molecule has 0 saturated carbocycles. The van der Waals surface area contributed by atoms with Crippen LogP contribution < -0.4 is 0 Å². The van der Waals surface area contributed by atoms with Gasteiger partial charge in [-0.05, 0) is 25.7 Å². The molecule has 0 bridgehead atoms. The van der Waals surface area contributed by atoms with Crippen LogP contribution in [-0.2, 0) is 19.2 Å². The van der Waals surface area contributed by atoms with Crippen molar-refractivity contribution in [2.75, 3.05) is 0 Å². The minimum atomic E-state index is -0.726. The summed E-state index contributed by atoms with van der Waals surface area (Å²) in [5.74, 6) is -2.86. The summed E-state index contributed by atoms with van der Waals surface area (Å²) in [6.45, 7) is 0. The molecule has 0 aromatic rings. The lowest BCUT2D eigenvalue weighted by atomic mass is 10.1. The summed E-state index contributed by atoms with van der Waals surface area (Å²) in [6.07, 6.45) is 17.0.